The lowest BCUT2D eigenvalue weighted by atomic mass is 9.91. The maximum absolute atomic E-state index is 12.6. The number of nitrogens with one attached hydrogen (secondary N) is 2. The SMILES string of the molecule is CCc1ccc2c(c1)Nc1nc(=O)n(C3CCC(NCCCN)CC3)cc1O2. The largest absolute Gasteiger partial charge is 0.450 e. The maximum atomic E-state index is 12.6. The molecule has 0 atom stereocenters. The molecule has 4 rings (SSSR count). The van der Waals surface area contributed by atoms with Crippen LogP contribution < -0.4 is 26.8 Å². The highest BCUT2D eigenvalue weighted by atomic mass is 16.5. The van der Waals surface area contributed by atoms with Crippen molar-refractivity contribution >= 4 is 11.5 Å². The van der Waals surface area contributed by atoms with Gasteiger partial charge in [-0.25, -0.2) is 4.79 Å². The number of nitrogens with zero attached hydrogens (tertiary/aromatic N) is 2. The molecule has 0 spiro atoms. The predicted octanol–water partition coefficient (Wildman–Crippen LogP) is 3.08. The zero-order valence-corrected chi connectivity index (χ0v) is 16.4. The number of rotatable bonds is 6. The minimum atomic E-state index is -0.218. The zero-order chi connectivity index (χ0) is 19.5. The molecule has 1 aliphatic carbocycles. The molecule has 1 fully saturated rings. The van der Waals surface area contributed by atoms with Gasteiger partial charge in [0.15, 0.2) is 17.3 Å². The van der Waals surface area contributed by atoms with Crippen molar-refractivity contribution in [3.05, 3.63) is 40.4 Å². The highest BCUT2D eigenvalue weighted by Gasteiger charge is 2.26. The number of hydrogen-bond donors (Lipinski definition) is 3. The van der Waals surface area contributed by atoms with Gasteiger partial charge in [0.05, 0.1) is 11.9 Å². The number of ether oxygens (including phenoxy) is 1. The maximum Gasteiger partial charge on any atom is 0.350 e. The van der Waals surface area contributed by atoms with Crippen LogP contribution in [-0.4, -0.2) is 28.7 Å². The number of aromatic nitrogens is 2. The third-order valence-corrected chi connectivity index (χ3v) is 5.75. The van der Waals surface area contributed by atoms with Crippen molar-refractivity contribution in [2.45, 2.75) is 57.5 Å². The second-order valence-corrected chi connectivity index (χ2v) is 7.66. The fourth-order valence-corrected chi connectivity index (χ4v) is 4.07. The molecule has 1 aromatic heterocycles. The van der Waals surface area contributed by atoms with Crippen molar-refractivity contribution in [1.82, 2.24) is 14.9 Å². The predicted molar refractivity (Wildman–Crippen MR) is 111 cm³/mol. The first kappa shape index (κ1) is 19.0. The van der Waals surface area contributed by atoms with Gasteiger partial charge in [0.1, 0.15) is 0 Å². The summed E-state index contributed by atoms with van der Waals surface area (Å²) < 4.78 is 7.79. The number of fused-ring (bicyclic) bond motifs is 2. The van der Waals surface area contributed by atoms with Crippen molar-refractivity contribution < 1.29 is 4.74 Å². The van der Waals surface area contributed by atoms with E-state index in [-0.39, 0.29) is 11.7 Å². The minimum Gasteiger partial charge on any atom is -0.450 e. The average molecular weight is 383 g/mol. The third-order valence-electron chi connectivity index (χ3n) is 5.75. The van der Waals surface area contributed by atoms with E-state index >= 15 is 0 Å². The van der Waals surface area contributed by atoms with E-state index in [1.807, 2.05) is 18.3 Å². The fraction of sp³-hybridized carbons (Fsp3) is 0.524. The molecular weight excluding hydrogens is 354 g/mol. The van der Waals surface area contributed by atoms with Crippen molar-refractivity contribution in [3.8, 4) is 11.5 Å². The average Bonchev–Trinajstić information content (AvgIpc) is 2.72. The topological polar surface area (TPSA) is 94.2 Å². The molecule has 2 aromatic rings. The van der Waals surface area contributed by atoms with Crippen LogP contribution in [0.15, 0.2) is 29.2 Å². The summed E-state index contributed by atoms with van der Waals surface area (Å²) in [5.74, 6) is 1.88. The first-order chi connectivity index (χ1) is 13.7. The Labute approximate surface area is 165 Å². The molecule has 28 heavy (non-hydrogen) atoms. The van der Waals surface area contributed by atoms with Crippen molar-refractivity contribution in [1.29, 1.82) is 0 Å². The van der Waals surface area contributed by atoms with E-state index in [0.29, 0.717) is 17.6 Å². The summed E-state index contributed by atoms with van der Waals surface area (Å²) in [6.07, 6.45) is 7.80. The van der Waals surface area contributed by atoms with Gasteiger partial charge in [-0.05, 0) is 69.3 Å². The Morgan fingerprint density at radius 2 is 2.11 bits per heavy atom. The molecule has 0 amide bonds. The zero-order valence-electron chi connectivity index (χ0n) is 16.4. The first-order valence-electron chi connectivity index (χ1n) is 10.3. The number of hydrogen-bond acceptors (Lipinski definition) is 6. The molecule has 0 saturated heterocycles. The highest BCUT2D eigenvalue weighted by molar-refractivity contribution is 5.72. The van der Waals surface area contributed by atoms with Crippen LogP contribution >= 0.6 is 0 Å². The quantitative estimate of drug-likeness (QED) is 0.566. The van der Waals surface area contributed by atoms with E-state index in [4.69, 9.17) is 10.5 Å². The molecule has 1 saturated carbocycles. The summed E-state index contributed by atoms with van der Waals surface area (Å²) in [4.78, 5) is 16.9. The second kappa shape index (κ2) is 8.32. The van der Waals surface area contributed by atoms with Crippen LogP contribution in [0.5, 0.6) is 11.5 Å². The number of aryl methyl sites for hydroxylation is 1. The lowest BCUT2D eigenvalue weighted by Gasteiger charge is -2.31. The number of nitrogens with two attached hydrogens (primary N) is 1. The highest BCUT2D eigenvalue weighted by Crippen LogP contribution is 2.41. The van der Waals surface area contributed by atoms with Gasteiger partial charge in [-0.3, -0.25) is 4.57 Å². The molecule has 2 aliphatic rings. The summed E-state index contributed by atoms with van der Waals surface area (Å²) in [6.45, 7) is 3.79. The third kappa shape index (κ3) is 3.91. The van der Waals surface area contributed by atoms with E-state index in [2.05, 4.69) is 28.6 Å². The van der Waals surface area contributed by atoms with E-state index in [9.17, 15) is 4.79 Å². The molecule has 7 nitrogen and oxygen atoms in total. The lowest BCUT2D eigenvalue weighted by Crippen LogP contribution is -2.37. The molecule has 1 aliphatic heterocycles. The smallest absolute Gasteiger partial charge is 0.350 e. The molecule has 0 bridgehead atoms. The summed E-state index contributed by atoms with van der Waals surface area (Å²) in [6, 6.07) is 6.77. The summed E-state index contributed by atoms with van der Waals surface area (Å²) in [5, 5.41) is 6.81. The minimum absolute atomic E-state index is 0.172. The van der Waals surface area contributed by atoms with Gasteiger partial charge < -0.3 is 21.1 Å². The van der Waals surface area contributed by atoms with Gasteiger partial charge in [-0.1, -0.05) is 13.0 Å². The lowest BCUT2D eigenvalue weighted by molar-refractivity contribution is 0.282. The molecule has 150 valence electrons. The molecule has 0 radical (unpaired) electrons. The van der Waals surface area contributed by atoms with Crippen molar-refractivity contribution in [2.24, 2.45) is 5.73 Å². The Morgan fingerprint density at radius 1 is 1.29 bits per heavy atom. The first-order valence-corrected chi connectivity index (χ1v) is 10.3. The normalized spacial score (nSPS) is 20.6. The van der Waals surface area contributed by atoms with Crippen LogP contribution in [0.1, 0.15) is 50.6 Å². The van der Waals surface area contributed by atoms with Crippen LogP contribution in [0.4, 0.5) is 11.5 Å². The van der Waals surface area contributed by atoms with E-state index in [1.165, 1.54) is 5.56 Å². The Morgan fingerprint density at radius 3 is 2.86 bits per heavy atom. The fourth-order valence-electron chi connectivity index (χ4n) is 4.07. The molecule has 7 heteroatoms. The van der Waals surface area contributed by atoms with E-state index < -0.39 is 0 Å². The standard InChI is InChI=1S/C21H29N5O2/c1-2-14-4-9-18-17(12-14)24-20-19(28-18)13-26(21(27)25-20)16-7-5-15(6-8-16)23-11-3-10-22/h4,9,12-13,15-16,23H,2-3,5-8,10-11,22H2,1H3,(H,24,25,27). The van der Waals surface area contributed by atoms with E-state index in [1.54, 1.807) is 4.57 Å². The number of anilines is 2. The van der Waals surface area contributed by atoms with Crippen LogP contribution in [0.25, 0.3) is 0 Å². The Bertz CT molecular complexity index is 887. The summed E-state index contributed by atoms with van der Waals surface area (Å²) >= 11 is 0. The Kier molecular flexibility index (Phi) is 5.64. The van der Waals surface area contributed by atoms with Crippen LogP contribution in [0, 0.1) is 0 Å². The van der Waals surface area contributed by atoms with Crippen LogP contribution in [0.2, 0.25) is 0 Å². The van der Waals surface area contributed by atoms with Gasteiger partial charge in [-0.15, -0.1) is 0 Å². The molecule has 0 unspecified atom stereocenters. The summed E-state index contributed by atoms with van der Waals surface area (Å²) in [5.41, 5.74) is 7.41. The Hall–Kier alpha value is -2.38. The molecule has 2 heterocycles. The summed E-state index contributed by atoms with van der Waals surface area (Å²) in [7, 11) is 0. The number of benzene rings is 1. The Balaban J connectivity index is 1.47. The van der Waals surface area contributed by atoms with Gasteiger partial charge in [0.2, 0.25) is 0 Å². The van der Waals surface area contributed by atoms with Crippen molar-refractivity contribution in [3.63, 3.8) is 0 Å². The molecule has 1 aromatic carbocycles. The second-order valence-electron chi connectivity index (χ2n) is 7.66. The van der Waals surface area contributed by atoms with Crippen LogP contribution in [0.3, 0.4) is 0 Å². The van der Waals surface area contributed by atoms with Crippen molar-refractivity contribution in [2.75, 3.05) is 18.4 Å². The van der Waals surface area contributed by atoms with Gasteiger partial charge >= 0.3 is 5.69 Å². The van der Waals surface area contributed by atoms with Crippen LogP contribution in [-0.2, 0) is 6.42 Å². The van der Waals surface area contributed by atoms with E-state index in [0.717, 1.165) is 63.1 Å². The van der Waals surface area contributed by atoms with Gasteiger partial charge in [-0.2, -0.15) is 4.98 Å². The molecule has 4 N–H and O–H groups in total. The monoisotopic (exact) mass is 383 g/mol. The van der Waals surface area contributed by atoms with Gasteiger partial charge in [0.25, 0.3) is 0 Å². The van der Waals surface area contributed by atoms with Gasteiger partial charge in [0, 0.05) is 12.1 Å². The molecular formula is C21H29N5O2.